The SMILES string of the molecule is O=C(c1ccc(OC(F)F)cc1)N1CCC(O)(C(F)(F)F)CC1. The van der Waals surface area contributed by atoms with Crippen LogP contribution >= 0.6 is 0 Å². The summed E-state index contributed by atoms with van der Waals surface area (Å²) < 4.78 is 66.3. The van der Waals surface area contributed by atoms with E-state index in [0.29, 0.717) is 0 Å². The van der Waals surface area contributed by atoms with Gasteiger partial charge in [0.15, 0.2) is 5.60 Å². The standard InChI is InChI=1S/C14H14F5NO3/c15-12(16)23-10-3-1-9(2-4-10)11(21)20-7-5-13(22,6-8-20)14(17,18)19/h1-4,12,22H,5-8H2. The van der Waals surface area contributed by atoms with Crippen LogP contribution in [0, 0.1) is 0 Å². The van der Waals surface area contributed by atoms with Gasteiger partial charge >= 0.3 is 12.8 Å². The Morgan fingerprint density at radius 3 is 2.13 bits per heavy atom. The lowest BCUT2D eigenvalue weighted by molar-refractivity contribution is -0.271. The van der Waals surface area contributed by atoms with Crippen LogP contribution in [0.5, 0.6) is 5.75 Å². The first-order valence-electron chi connectivity index (χ1n) is 6.76. The summed E-state index contributed by atoms with van der Waals surface area (Å²) in [5.41, 5.74) is -2.64. The molecule has 9 heteroatoms. The second-order valence-corrected chi connectivity index (χ2v) is 5.22. The first-order valence-corrected chi connectivity index (χ1v) is 6.76. The number of piperidine rings is 1. The monoisotopic (exact) mass is 339 g/mol. The van der Waals surface area contributed by atoms with Crippen LogP contribution in [0.2, 0.25) is 0 Å². The first-order chi connectivity index (χ1) is 10.6. The molecule has 1 fully saturated rings. The number of nitrogens with zero attached hydrogens (tertiary/aromatic N) is 1. The summed E-state index contributed by atoms with van der Waals surface area (Å²) in [6.45, 7) is -3.48. The van der Waals surface area contributed by atoms with Crippen molar-refractivity contribution in [2.45, 2.75) is 31.2 Å². The van der Waals surface area contributed by atoms with E-state index in [1.807, 2.05) is 0 Å². The molecule has 23 heavy (non-hydrogen) atoms. The molecule has 0 atom stereocenters. The van der Waals surface area contributed by atoms with Crippen molar-refractivity contribution in [3.05, 3.63) is 29.8 Å². The second-order valence-electron chi connectivity index (χ2n) is 5.22. The minimum atomic E-state index is -4.74. The number of rotatable bonds is 3. The summed E-state index contributed by atoms with van der Waals surface area (Å²) in [5.74, 6) is -0.653. The third-order valence-electron chi connectivity index (χ3n) is 3.73. The fourth-order valence-electron chi connectivity index (χ4n) is 2.32. The molecule has 1 N–H and O–H groups in total. The van der Waals surface area contributed by atoms with Gasteiger partial charge in [0.05, 0.1) is 0 Å². The number of carbonyl (C=O) groups is 1. The Hall–Kier alpha value is -1.90. The summed E-state index contributed by atoms with van der Waals surface area (Å²) >= 11 is 0. The zero-order chi connectivity index (χ0) is 17.3. The minimum Gasteiger partial charge on any atom is -0.435 e. The fourth-order valence-corrected chi connectivity index (χ4v) is 2.32. The molecule has 0 radical (unpaired) electrons. The Balaban J connectivity index is 2.00. The van der Waals surface area contributed by atoms with Crippen molar-refractivity contribution < 1.29 is 36.6 Å². The Morgan fingerprint density at radius 2 is 1.70 bits per heavy atom. The highest BCUT2D eigenvalue weighted by Crippen LogP contribution is 2.38. The van der Waals surface area contributed by atoms with Crippen molar-refractivity contribution in [2.75, 3.05) is 13.1 Å². The Kier molecular flexibility index (Phi) is 4.79. The van der Waals surface area contributed by atoms with E-state index in [2.05, 4.69) is 4.74 Å². The van der Waals surface area contributed by atoms with E-state index >= 15 is 0 Å². The van der Waals surface area contributed by atoms with Gasteiger partial charge in [0.25, 0.3) is 5.91 Å². The number of halogens is 5. The van der Waals surface area contributed by atoms with E-state index in [0.717, 1.165) is 0 Å². The molecule has 0 unspecified atom stereocenters. The predicted molar refractivity (Wildman–Crippen MR) is 69.2 cm³/mol. The van der Waals surface area contributed by atoms with Crippen molar-refractivity contribution in [2.24, 2.45) is 0 Å². The molecule has 128 valence electrons. The predicted octanol–water partition coefficient (Wildman–Crippen LogP) is 2.82. The van der Waals surface area contributed by atoms with E-state index in [1.54, 1.807) is 0 Å². The van der Waals surface area contributed by atoms with Crippen molar-refractivity contribution in [1.29, 1.82) is 0 Å². The minimum absolute atomic E-state index is 0.123. The summed E-state index contributed by atoms with van der Waals surface area (Å²) in [7, 11) is 0. The zero-order valence-electron chi connectivity index (χ0n) is 11.8. The van der Waals surface area contributed by atoms with Crippen LogP contribution in [0.25, 0.3) is 0 Å². The van der Waals surface area contributed by atoms with Gasteiger partial charge in [-0.1, -0.05) is 0 Å². The van der Waals surface area contributed by atoms with E-state index in [-0.39, 0.29) is 24.4 Å². The molecule has 1 aromatic carbocycles. The number of aliphatic hydroxyl groups is 1. The lowest BCUT2D eigenvalue weighted by Gasteiger charge is -2.39. The Morgan fingerprint density at radius 1 is 1.17 bits per heavy atom. The van der Waals surface area contributed by atoms with E-state index in [4.69, 9.17) is 0 Å². The summed E-state index contributed by atoms with van der Waals surface area (Å²) in [6.07, 6.45) is -5.94. The highest BCUT2D eigenvalue weighted by atomic mass is 19.4. The Labute approximate surface area is 128 Å². The molecule has 0 aliphatic carbocycles. The average molecular weight is 339 g/mol. The largest absolute Gasteiger partial charge is 0.435 e. The van der Waals surface area contributed by atoms with Crippen LogP contribution in [0.1, 0.15) is 23.2 Å². The molecule has 4 nitrogen and oxygen atoms in total. The van der Waals surface area contributed by atoms with Gasteiger partial charge in [0, 0.05) is 31.5 Å². The number of ether oxygens (including phenoxy) is 1. The van der Waals surface area contributed by atoms with Crippen LogP contribution in [0.3, 0.4) is 0 Å². The van der Waals surface area contributed by atoms with E-state index in [9.17, 15) is 31.9 Å². The van der Waals surface area contributed by atoms with Gasteiger partial charge in [-0.3, -0.25) is 4.79 Å². The normalized spacial score (nSPS) is 18.1. The first kappa shape index (κ1) is 17.5. The zero-order valence-corrected chi connectivity index (χ0v) is 11.8. The molecule has 1 amide bonds. The molecule has 1 aliphatic heterocycles. The van der Waals surface area contributed by atoms with Crippen LogP contribution in [0.15, 0.2) is 24.3 Å². The van der Waals surface area contributed by atoms with E-state index in [1.165, 1.54) is 29.2 Å². The molecule has 1 aromatic rings. The highest BCUT2D eigenvalue weighted by molar-refractivity contribution is 5.94. The number of benzene rings is 1. The third kappa shape index (κ3) is 3.90. The van der Waals surface area contributed by atoms with Gasteiger partial charge in [-0.15, -0.1) is 0 Å². The molecule has 0 saturated carbocycles. The lowest BCUT2D eigenvalue weighted by Crippen LogP contribution is -2.54. The smallest absolute Gasteiger partial charge is 0.417 e. The molecule has 0 bridgehead atoms. The van der Waals surface area contributed by atoms with Crippen molar-refractivity contribution >= 4 is 5.91 Å². The van der Waals surface area contributed by atoms with Gasteiger partial charge in [0.2, 0.25) is 0 Å². The molecular formula is C14H14F5NO3. The molecule has 1 saturated heterocycles. The quantitative estimate of drug-likeness (QED) is 0.862. The molecule has 1 aliphatic rings. The van der Waals surface area contributed by atoms with Crippen LogP contribution in [0.4, 0.5) is 22.0 Å². The maximum absolute atomic E-state index is 12.7. The van der Waals surface area contributed by atoms with Crippen LogP contribution < -0.4 is 4.74 Å². The molecular weight excluding hydrogens is 325 g/mol. The lowest BCUT2D eigenvalue weighted by atomic mass is 9.90. The maximum Gasteiger partial charge on any atom is 0.417 e. The van der Waals surface area contributed by atoms with Gasteiger partial charge in [-0.05, 0) is 24.3 Å². The summed E-state index contributed by atoms with van der Waals surface area (Å²) in [5, 5.41) is 9.55. The van der Waals surface area contributed by atoms with Crippen molar-refractivity contribution in [3.8, 4) is 5.75 Å². The molecule has 0 spiro atoms. The molecule has 0 aromatic heterocycles. The van der Waals surface area contributed by atoms with Crippen molar-refractivity contribution in [1.82, 2.24) is 4.90 Å². The highest BCUT2D eigenvalue weighted by Gasteiger charge is 2.54. The topological polar surface area (TPSA) is 49.8 Å². The van der Waals surface area contributed by atoms with Gasteiger partial charge in [0.1, 0.15) is 5.75 Å². The second kappa shape index (κ2) is 6.31. The number of amides is 1. The Bertz CT molecular complexity index is 551. The van der Waals surface area contributed by atoms with Gasteiger partial charge in [-0.25, -0.2) is 0 Å². The number of carbonyl (C=O) groups excluding carboxylic acids is 1. The number of likely N-dealkylation sites (tertiary alicyclic amines) is 1. The summed E-state index contributed by atoms with van der Waals surface area (Å²) in [4.78, 5) is 13.4. The van der Waals surface area contributed by atoms with Crippen LogP contribution in [-0.2, 0) is 0 Å². The number of alkyl halides is 5. The van der Waals surface area contributed by atoms with Gasteiger partial charge < -0.3 is 14.7 Å². The van der Waals surface area contributed by atoms with Crippen molar-refractivity contribution in [3.63, 3.8) is 0 Å². The maximum atomic E-state index is 12.7. The van der Waals surface area contributed by atoms with E-state index < -0.39 is 37.1 Å². The van der Waals surface area contributed by atoms with Gasteiger partial charge in [-0.2, -0.15) is 22.0 Å². The fraction of sp³-hybridized carbons (Fsp3) is 0.500. The molecule has 1 heterocycles. The third-order valence-corrected chi connectivity index (χ3v) is 3.73. The molecule has 2 rings (SSSR count). The average Bonchev–Trinajstić information content (AvgIpc) is 2.46. The number of hydrogen-bond donors (Lipinski definition) is 1. The summed E-state index contributed by atoms with van der Waals surface area (Å²) in [6, 6.07) is 4.86. The van der Waals surface area contributed by atoms with Crippen LogP contribution in [-0.4, -0.2) is 47.4 Å². The number of hydrogen-bond acceptors (Lipinski definition) is 3.